The van der Waals surface area contributed by atoms with E-state index in [-0.39, 0.29) is 43.2 Å². The van der Waals surface area contributed by atoms with Crippen molar-refractivity contribution in [3.05, 3.63) is 0 Å². The summed E-state index contributed by atoms with van der Waals surface area (Å²) in [7, 11) is 0.0606. The van der Waals surface area contributed by atoms with E-state index in [0.717, 1.165) is 0 Å². The van der Waals surface area contributed by atoms with Crippen LogP contribution in [0.5, 0.6) is 0 Å². The summed E-state index contributed by atoms with van der Waals surface area (Å²) < 4.78 is 0. The van der Waals surface area contributed by atoms with E-state index in [4.69, 9.17) is 0 Å². The van der Waals surface area contributed by atoms with Crippen molar-refractivity contribution in [1.29, 1.82) is 0 Å². The van der Waals surface area contributed by atoms with Gasteiger partial charge in [-0.1, -0.05) is 0 Å². The Bertz CT molecular complexity index is 155. The molecule has 2 unspecified atom stereocenters. The van der Waals surface area contributed by atoms with Gasteiger partial charge in [-0.3, -0.25) is 0 Å². The molecule has 1 aliphatic heterocycles. The molecule has 16 heavy (non-hydrogen) atoms. The van der Waals surface area contributed by atoms with Gasteiger partial charge in [-0.25, -0.2) is 0 Å². The average molecular weight is 371 g/mol. The van der Waals surface area contributed by atoms with Gasteiger partial charge in [0.25, 0.3) is 0 Å². The second-order valence-electron chi connectivity index (χ2n) is 5.12. The summed E-state index contributed by atoms with van der Waals surface area (Å²) in [4.78, 5) is 0. The molecule has 0 aromatic carbocycles. The molecular formula is C11H31NP3Ru+3. The Morgan fingerprint density at radius 3 is 1.31 bits per heavy atom. The second kappa shape index (κ2) is 10.8. The summed E-state index contributed by atoms with van der Waals surface area (Å²) in [5.41, 5.74) is 0. The van der Waals surface area contributed by atoms with Crippen LogP contribution in [0.3, 0.4) is 0 Å². The summed E-state index contributed by atoms with van der Waals surface area (Å²) in [5, 5.41) is 3.63. The molecule has 0 spiro atoms. The number of rotatable bonds is 0. The van der Waals surface area contributed by atoms with Crippen LogP contribution < -0.4 is 5.32 Å². The Morgan fingerprint density at radius 1 is 0.625 bits per heavy atom. The number of nitrogens with one attached hydrogen (secondary N) is 1. The summed E-state index contributed by atoms with van der Waals surface area (Å²) in [5.74, 6) is 0. The maximum atomic E-state index is 3.63. The zero-order valence-electron chi connectivity index (χ0n) is 11.1. The van der Waals surface area contributed by atoms with Gasteiger partial charge in [0.1, 0.15) is 0 Å². The van der Waals surface area contributed by atoms with Gasteiger partial charge < -0.3 is 5.32 Å². The van der Waals surface area contributed by atoms with Crippen LogP contribution in [0.25, 0.3) is 0 Å². The predicted octanol–water partition coefficient (Wildman–Crippen LogP) is 1.58. The monoisotopic (exact) mass is 372 g/mol. The third-order valence-electron chi connectivity index (χ3n) is 3.41. The summed E-state index contributed by atoms with van der Waals surface area (Å²) in [6.07, 6.45) is 9.36. The van der Waals surface area contributed by atoms with Crippen molar-refractivity contribution in [2.75, 3.05) is 70.1 Å². The molecule has 0 aromatic rings. The van der Waals surface area contributed by atoms with Gasteiger partial charge in [0.05, 0.1) is 37.0 Å². The van der Waals surface area contributed by atoms with Crippen molar-refractivity contribution in [3.63, 3.8) is 0 Å². The third-order valence-corrected chi connectivity index (χ3v) is 11.0. The fraction of sp³-hybridized carbons (Fsp3) is 1.00. The molecule has 1 rings (SSSR count). The van der Waals surface area contributed by atoms with Crippen molar-refractivity contribution in [2.45, 2.75) is 0 Å². The van der Waals surface area contributed by atoms with Gasteiger partial charge in [-0.2, -0.15) is 0 Å². The first-order valence-corrected chi connectivity index (χ1v) is 13.6. The molecule has 1 N–H and O–H groups in total. The molecule has 0 amide bonds. The van der Waals surface area contributed by atoms with Crippen molar-refractivity contribution < 1.29 is 19.5 Å². The molecule has 0 bridgehead atoms. The standard InChI is InChI=1S/C11H26NP3.Ru.2H/c1-13-6-4-12-5-7-14(2)9-11-15(3)10-8-13;;;/h12H,4-11H2,1-3H3;;;/p+3. The molecule has 1 heterocycles. The van der Waals surface area contributed by atoms with Crippen LogP contribution in [0, 0.1) is 0 Å². The quantitative estimate of drug-likeness (QED) is 0.504. The average Bonchev–Trinajstić information content (AvgIpc) is 2.21. The first-order valence-electron chi connectivity index (χ1n) is 6.33. The van der Waals surface area contributed by atoms with Gasteiger partial charge in [0, 0.05) is 56.8 Å². The molecule has 5 heteroatoms. The van der Waals surface area contributed by atoms with Crippen molar-refractivity contribution in [1.82, 2.24) is 5.32 Å². The molecule has 0 saturated carbocycles. The van der Waals surface area contributed by atoms with E-state index in [1.807, 2.05) is 0 Å². The Kier molecular flexibility index (Phi) is 12.0. The Balaban J connectivity index is 0.00000225. The van der Waals surface area contributed by atoms with Crippen LogP contribution in [0.2, 0.25) is 0 Å². The van der Waals surface area contributed by atoms with Crippen LogP contribution in [-0.2, 0) is 19.5 Å². The molecule has 0 aliphatic carbocycles. The Morgan fingerprint density at radius 2 is 0.938 bits per heavy atom. The normalized spacial score (nSPS) is 34.3. The number of hydrogen-bond donors (Lipinski definition) is 1. The summed E-state index contributed by atoms with van der Waals surface area (Å²) >= 11 is 0. The molecule has 100 valence electrons. The van der Waals surface area contributed by atoms with E-state index in [2.05, 4.69) is 25.3 Å². The Hall–Kier alpha value is 1.87. The SMILES string of the molecule is C[PH+]1CCNCC[PH+](C)CC[PH+](C)CC1.[RuH2]. The fourth-order valence-electron chi connectivity index (χ4n) is 1.96. The molecule has 1 aliphatic rings. The van der Waals surface area contributed by atoms with Gasteiger partial charge in [0.15, 0.2) is 0 Å². The zero-order chi connectivity index (χ0) is 11.1. The zero-order valence-corrected chi connectivity index (χ0v) is 16.1. The molecule has 1 fully saturated rings. The second-order valence-corrected chi connectivity index (χ2v) is 13.9. The molecule has 1 saturated heterocycles. The third kappa shape index (κ3) is 8.89. The van der Waals surface area contributed by atoms with Gasteiger partial charge in [-0.05, 0) is 0 Å². The first kappa shape index (κ1) is 17.9. The van der Waals surface area contributed by atoms with E-state index in [9.17, 15) is 0 Å². The van der Waals surface area contributed by atoms with E-state index in [0.29, 0.717) is 0 Å². The predicted molar refractivity (Wildman–Crippen MR) is 87.6 cm³/mol. The van der Waals surface area contributed by atoms with Crippen molar-refractivity contribution in [3.8, 4) is 0 Å². The van der Waals surface area contributed by atoms with Gasteiger partial charge >= 0.3 is 19.5 Å². The molecule has 0 aromatic heterocycles. The molecular weight excluding hydrogens is 340 g/mol. The van der Waals surface area contributed by atoms with Crippen LogP contribution in [-0.4, -0.2) is 70.1 Å². The summed E-state index contributed by atoms with van der Waals surface area (Å²) in [6.45, 7) is 10.2. The summed E-state index contributed by atoms with van der Waals surface area (Å²) in [6, 6.07) is 0. The Labute approximate surface area is 118 Å². The topological polar surface area (TPSA) is 12.0 Å². The minimum atomic E-state index is 0. The maximum absolute atomic E-state index is 3.63. The van der Waals surface area contributed by atoms with E-state index in [1.165, 1.54) is 25.4 Å². The fourth-order valence-corrected chi connectivity index (χ4v) is 10.7. The van der Waals surface area contributed by atoms with Gasteiger partial charge in [-0.15, -0.1) is 0 Å². The molecule has 2 atom stereocenters. The first-order chi connectivity index (χ1) is 7.18. The van der Waals surface area contributed by atoms with E-state index < -0.39 is 0 Å². The van der Waals surface area contributed by atoms with E-state index >= 15 is 0 Å². The van der Waals surface area contributed by atoms with Crippen molar-refractivity contribution >= 4 is 23.8 Å². The minimum absolute atomic E-state index is 0. The van der Waals surface area contributed by atoms with Crippen LogP contribution in [0.1, 0.15) is 0 Å². The van der Waals surface area contributed by atoms with Crippen molar-refractivity contribution in [2.24, 2.45) is 0 Å². The van der Waals surface area contributed by atoms with Crippen LogP contribution >= 0.6 is 23.8 Å². The van der Waals surface area contributed by atoms with Gasteiger partial charge in [0.2, 0.25) is 0 Å². The number of hydrogen-bond acceptors (Lipinski definition) is 1. The van der Waals surface area contributed by atoms with Crippen LogP contribution in [0.4, 0.5) is 0 Å². The molecule has 1 nitrogen and oxygen atoms in total. The molecule has 0 radical (unpaired) electrons. The van der Waals surface area contributed by atoms with E-state index in [1.54, 1.807) is 24.6 Å². The van der Waals surface area contributed by atoms with Crippen LogP contribution in [0.15, 0.2) is 0 Å².